The predicted molar refractivity (Wildman–Crippen MR) is 35.9 cm³/mol. The molecule has 0 heterocycles. The summed E-state index contributed by atoms with van der Waals surface area (Å²) in [5, 5.41) is 8.58. The summed E-state index contributed by atoms with van der Waals surface area (Å²) in [6.45, 7) is 3.32. The van der Waals surface area contributed by atoms with Gasteiger partial charge in [0, 0.05) is 7.11 Å². The first-order chi connectivity index (χ1) is 4.20. The quantitative estimate of drug-likeness (QED) is 0.358. The Morgan fingerprint density at radius 1 is 1.89 bits per heavy atom. The highest BCUT2D eigenvalue weighted by Crippen LogP contribution is 1.99. The van der Waals surface area contributed by atoms with Gasteiger partial charge in [-0.15, -0.1) is 0 Å². The van der Waals surface area contributed by atoms with E-state index in [0.717, 1.165) is 0 Å². The van der Waals surface area contributed by atoms with Crippen molar-refractivity contribution in [2.45, 2.75) is 5.56 Å². The fourth-order valence-corrected chi connectivity index (χ4v) is 0.310. The zero-order valence-electron chi connectivity index (χ0n) is 5.08. The van der Waals surface area contributed by atoms with Gasteiger partial charge in [-0.25, -0.2) is 0 Å². The summed E-state index contributed by atoms with van der Waals surface area (Å²) in [5.41, 5.74) is -0.708. The number of hydrogen-bond donors (Lipinski definition) is 1. The van der Waals surface area contributed by atoms with Crippen LogP contribution in [0, 0.1) is 0 Å². The summed E-state index contributed by atoms with van der Waals surface area (Å²) < 4.78 is 8.85. The lowest BCUT2D eigenvalue weighted by Crippen LogP contribution is -2.23. The van der Waals surface area contributed by atoms with Crippen molar-refractivity contribution in [3.05, 3.63) is 12.7 Å². The lowest BCUT2D eigenvalue weighted by molar-refractivity contribution is 0.160. The van der Waals surface area contributed by atoms with E-state index < -0.39 is 12.9 Å². The van der Waals surface area contributed by atoms with Gasteiger partial charge < -0.3 is 14.3 Å². The minimum atomic E-state index is -1.27. The van der Waals surface area contributed by atoms with Gasteiger partial charge in [0.05, 0.1) is 0 Å². The molecule has 0 aliphatic heterocycles. The van der Waals surface area contributed by atoms with Crippen molar-refractivity contribution in [1.82, 2.24) is 0 Å². The lowest BCUT2D eigenvalue weighted by atomic mass is 10.2. The fraction of sp³-hybridized carbons (Fsp3) is 0.500. The zero-order chi connectivity index (χ0) is 7.28. The molecule has 0 saturated carbocycles. The lowest BCUT2D eigenvalue weighted by Gasteiger charge is -2.06. The molecule has 1 atom stereocenters. The van der Waals surface area contributed by atoms with Crippen LogP contribution in [0.1, 0.15) is 0 Å². The van der Waals surface area contributed by atoms with Gasteiger partial charge in [0.15, 0.2) is 0 Å². The van der Waals surface area contributed by atoms with Crippen LogP contribution >= 0.6 is 11.6 Å². The molecule has 0 aromatic carbocycles. The van der Waals surface area contributed by atoms with E-state index in [0.29, 0.717) is 0 Å². The van der Waals surface area contributed by atoms with Crippen LogP contribution in [0.3, 0.4) is 0 Å². The average Bonchev–Trinajstić information content (AvgIpc) is 1.87. The molecule has 0 amide bonds. The van der Waals surface area contributed by atoms with Gasteiger partial charge in [0.1, 0.15) is 5.56 Å². The third-order valence-corrected chi connectivity index (χ3v) is 0.914. The van der Waals surface area contributed by atoms with Crippen LogP contribution in [0.5, 0.6) is 0 Å². The Morgan fingerprint density at radius 2 is 2.44 bits per heavy atom. The molecule has 0 radical (unpaired) electrons. The molecular formula is C4H8BClO3. The highest BCUT2D eigenvalue weighted by molar-refractivity contribution is 6.36. The summed E-state index contributed by atoms with van der Waals surface area (Å²) in [7, 11) is 0.0303. The summed E-state index contributed by atoms with van der Waals surface area (Å²) in [5.74, 6) is 0. The molecule has 0 aromatic rings. The molecule has 3 nitrogen and oxygen atoms in total. The van der Waals surface area contributed by atoms with Crippen molar-refractivity contribution in [3.8, 4) is 0 Å². The zero-order valence-corrected chi connectivity index (χ0v) is 5.84. The van der Waals surface area contributed by atoms with Crippen molar-refractivity contribution < 1.29 is 14.3 Å². The van der Waals surface area contributed by atoms with E-state index in [1.165, 1.54) is 13.2 Å². The van der Waals surface area contributed by atoms with Crippen molar-refractivity contribution in [2.75, 3.05) is 7.11 Å². The van der Waals surface area contributed by atoms with Gasteiger partial charge in [-0.1, -0.05) is 18.2 Å². The Kier molecular flexibility index (Phi) is 4.80. The van der Waals surface area contributed by atoms with Gasteiger partial charge in [-0.3, -0.25) is 0 Å². The topological polar surface area (TPSA) is 38.7 Å². The fourth-order valence-electron chi connectivity index (χ4n) is 0.222. The maximum Gasteiger partial charge on any atom is 0.637 e. The Hall–Kier alpha value is -0.0251. The molecule has 52 valence electrons. The number of alkyl halides is 1. The standard InChI is InChI=1S/C4H8BClO3/c1-3-4(6)9-5(7)8-2/h3-4,7H,1H2,2H3. The van der Waals surface area contributed by atoms with Gasteiger partial charge in [-0.05, 0) is 6.08 Å². The van der Waals surface area contributed by atoms with Crippen LogP contribution < -0.4 is 0 Å². The molecule has 0 fully saturated rings. The maximum atomic E-state index is 8.58. The molecule has 0 aromatic heterocycles. The Morgan fingerprint density at radius 3 is 2.78 bits per heavy atom. The summed E-state index contributed by atoms with van der Waals surface area (Å²) in [4.78, 5) is 0. The van der Waals surface area contributed by atoms with Crippen LogP contribution in [0.2, 0.25) is 0 Å². The second-order valence-corrected chi connectivity index (χ2v) is 1.70. The number of halogens is 1. The molecule has 0 saturated heterocycles. The maximum absolute atomic E-state index is 8.58. The van der Waals surface area contributed by atoms with E-state index in [1.807, 2.05) is 0 Å². The monoisotopic (exact) mass is 150 g/mol. The van der Waals surface area contributed by atoms with Crippen LogP contribution in [0.15, 0.2) is 12.7 Å². The molecule has 0 rings (SSSR count). The van der Waals surface area contributed by atoms with Crippen molar-refractivity contribution in [2.24, 2.45) is 0 Å². The van der Waals surface area contributed by atoms with Crippen LogP contribution in [0.4, 0.5) is 0 Å². The largest absolute Gasteiger partial charge is 0.637 e. The molecule has 1 N–H and O–H groups in total. The van der Waals surface area contributed by atoms with Crippen molar-refractivity contribution in [3.63, 3.8) is 0 Å². The van der Waals surface area contributed by atoms with E-state index >= 15 is 0 Å². The van der Waals surface area contributed by atoms with Crippen molar-refractivity contribution in [1.29, 1.82) is 0 Å². The molecule has 0 aliphatic rings. The van der Waals surface area contributed by atoms with E-state index in [2.05, 4.69) is 15.9 Å². The second-order valence-electron chi connectivity index (χ2n) is 1.27. The minimum Gasteiger partial charge on any atom is -0.402 e. The number of hydrogen-bond acceptors (Lipinski definition) is 3. The highest BCUT2D eigenvalue weighted by atomic mass is 35.5. The molecule has 0 aliphatic carbocycles. The molecular weight excluding hydrogens is 142 g/mol. The van der Waals surface area contributed by atoms with Crippen LogP contribution in [0.25, 0.3) is 0 Å². The normalized spacial score (nSPS) is 12.8. The van der Waals surface area contributed by atoms with Crippen LogP contribution in [-0.4, -0.2) is 25.0 Å². The second kappa shape index (κ2) is 4.82. The molecule has 0 bridgehead atoms. The molecule has 0 spiro atoms. The third kappa shape index (κ3) is 4.48. The Labute approximate surface area is 59.4 Å². The first-order valence-corrected chi connectivity index (χ1v) is 2.77. The number of rotatable bonds is 4. The smallest absolute Gasteiger partial charge is 0.402 e. The van der Waals surface area contributed by atoms with Crippen molar-refractivity contribution >= 4 is 18.9 Å². The Bertz CT molecular complexity index is 89.9. The SMILES string of the molecule is C=CC(Cl)OB(O)OC. The van der Waals surface area contributed by atoms with Gasteiger partial charge >= 0.3 is 7.32 Å². The van der Waals surface area contributed by atoms with Gasteiger partial charge in [-0.2, -0.15) is 0 Å². The van der Waals surface area contributed by atoms with E-state index in [9.17, 15) is 0 Å². The van der Waals surface area contributed by atoms with E-state index in [1.54, 1.807) is 0 Å². The summed E-state index contributed by atoms with van der Waals surface area (Å²) >= 11 is 5.36. The predicted octanol–water partition coefficient (Wildman–Crippen LogP) is 0.377. The van der Waals surface area contributed by atoms with Gasteiger partial charge in [0.2, 0.25) is 0 Å². The average molecular weight is 150 g/mol. The molecule has 5 heteroatoms. The van der Waals surface area contributed by atoms with E-state index in [-0.39, 0.29) is 0 Å². The molecule has 9 heavy (non-hydrogen) atoms. The highest BCUT2D eigenvalue weighted by Gasteiger charge is 2.15. The first kappa shape index (κ1) is 8.97. The molecule has 1 unspecified atom stereocenters. The van der Waals surface area contributed by atoms with Crippen LogP contribution in [-0.2, 0) is 9.31 Å². The summed E-state index contributed by atoms with van der Waals surface area (Å²) in [6, 6.07) is 0. The first-order valence-electron chi connectivity index (χ1n) is 2.33. The Balaban J connectivity index is 3.33. The summed E-state index contributed by atoms with van der Waals surface area (Å²) in [6.07, 6.45) is 1.34. The minimum absolute atomic E-state index is 0.708. The third-order valence-electron chi connectivity index (χ3n) is 0.633. The van der Waals surface area contributed by atoms with Gasteiger partial charge in [0.25, 0.3) is 0 Å². The van der Waals surface area contributed by atoms with E-state index in [4.69, 9.17) is 16.6 Å².